The zero-order valence-electron chi connectivity index (χ0n) is 8.39. The number of hydrogen-bond acceptors (Lipinski definition) is 0. The highest BCUT2D eigenvalue weighted by molar-refractivity contribution is 5.25. The normalized spacial score (nSPS) is 34.7. The van der Waals surface area contributed by atoms with Crippen LogP contribution in [-0.2, 0) is 0 Å². The summed E-state index contributed by atoms with van der Waals surface area (Å²) in [5.41, 5.74) is 1.55. The van der Waals surface area contributed by atoms with Crippen molar-refractivity contribution in [3.8, 4) is 0 Å². The van der Waals surface area contributed by atoms with E-state index >= 15 is 0 Å². The first-order chi connectivity index (χ1) is 6.93. The molecule has 2 bridgehead atoms. The van der Waals surface area contributed by atoms with Gasteiger partial charge in [0.2, 0.25) is 0 Å². The second kappa shape index (κ2) is 3.27. The number of allylic oxidation sites excluding steroid dienone is 2. The molecule has 1 aromatic carbocycles. The maximum atomic E-state index is 2.45. The molecule has 72 valence electrons. The Morgan fingerprint density at radius 3 is 2.36 bits per heavy atom. The van der Waals surface area contributed by atoms with Crippen molar-refractivity contribution in [1.29, 1.82) is 0 Å². The summed E-state index contributed by atoms with van der Waals surface area (Å²) in [5, 5.41) is 0. The molecule has 0 heterocycles. The van der Waals surface area contributed by atoms with Crippen LogP contribution in [0.2, 0.25) is 0 Å². The predicted octanol–water partition coefficient (Wildman–Crippen LogP) is 3.76. The standard InChI is InChI=1S/C14H16/c1-2-4-12(5-3-1)14-10-11-6-8-13(14)9-7-11/h1-6,8,11,13-14H,7,9-10H2. The summed E-state index contributed by atoms with van der Waals surface area (Å²) in [5.74, 6) is 2.49. The van der Waals surface area contributed by atoms with Crippen molar-refractivity contribution in [2.75, 3.05) is 0 Å². The molecule has 0 amide bonds. The van der Waals surface area contributed by atoms with E-state index in [9.17, 15) is 0 Å². The monoisotopic (exact) mass is 184 g/mol. The van der Waals surface area contributed by atoms with Crippen molar-refractivity contribution in [1.82, 2.24) is 0 Å². The fourth-order valence-electron chi connectivity index (χ4n) is 3.02. The number of rotatable bonds is 1. The molecule has 0 saturated heterocycles. The summed E-state index contributed by atoms with van der Waals surface area (Å²) < 4.78 is 0. The van der Waals surface area contributed by atoms with E-state index < -0.39 is 0 Å². The van der Waals surface area contributed by atoms with Gasteiger partial charge in [-0.3, -0.25) is 0 Å². The van der Waals surface area contributed by atoms with Crippen LogP contribution in [-0.4, -0.2) is 0 Å². The molecule has 0 spiro atoms. The Morgan fingerprint density at radius 2 is 1.79 bits per heavy atom. The van der Waals surface area contributed by atoms with Crippen molar-refractivity contribution in [2.45, 2.75) is 25.2 Å². The average Bonchev–Trinajstić information content (AvgIpc) is 2.32. The minimum Gasteiger partial charge on any atom is -0.0851 e. The van der Waals surface area contributed by atoms with Gasteiger partial charge >= 0.3 is 0 Å². The highest BCUT2D eigenvalue weighted by atomic mass is 14.4. The molecule has 0 N–H and O–H groups in total. The van der Waals surface area contributed by atoms with Crippen LogP contribution in [0.25, 0.3) is 0 Å². The molecule has 3 aliphatic rings. The first-order valence-electron chi connectivity index (χ1n) is 5.67. The van der Waals surface area contributed by atoms with E-state index in [2.05, 4.69) is 42.5 Å². The summed E-state index contributed by atoms with van der Waals surface area (Å²) in [7, 11) is 0. The molecular weight excluding hydrogens is 168 g/mol. The minimum atomic E-state index is 0.806. The van der Waals surface area contributed by atoms with Crippen molar-refractivity contribution >= 4 is 0 Å². The van der Waals surface area contributed by atoms with Crippen LogP contribution in [0.5, 0.6) is 0 Å². The van der Waals surface area contributed by atoms with E-state index in [0.29, 0.717) is 0 Å². The number of benzene rings is 1. The highest BCUT2D eigenvalue weighted by Crippen LogP contribution is 2.45. The largest absolute Gasteiger partial charge is 0.0851 e. The second-order valence-corrected chi connectivity index (χ2v) is 4.64. The molecule has 1 saturated carbocycles. The lowest BCUT2D eigenvalue weighted by atomic mass is 9.67. The van der Waals surface area contributed by atoms with E-state index in [-0.39, 0.29) is 0 Å². The lowest BCUT2D eigenvalue weighted by Gasteiger charge is -2.38. The molecule has 0 nitrogen and oxygen atoms in total. The second-order valence-electron chi connectivity index (χ2n) is 4.64. The van der Waals surface area contributed by atoms with Gasteiger partial charge in [-0.25, -0.2) is 0 Å². The molecule has 0 aromatic heterocycles. The smallest absolute Gasteiger partial charge is 0.00934 e. The van der Waals surface area contributed by atoms with Gasteiger partial charge in [-0.2, -0.15) is 0 Å². The van der Waals surface area contributed by atoms with E-state index in [4.69, 9.17) is 0 Å². The molecule has 1 aromatic rings. The van der Waals surface area contributed by atoms with Gasteiger partial charge in [0.05, 0.1) is 0 Å². The molecule has 3 unspecified atom stereocenters. The molecule has 4 rings (SSSR count). The predicted molar refractivity (Wildman–Crippen MR) is 59.2 cm³/mol. The summed E-state index contributed by atoms with van der Waals surface area (Å²) in [6, 6.07) is 11.0. The van der Waals surface area contributed by atoms with Gasteiger partial charge < -0.3 is 0 Å². The van der Waals surface area contributed by atoms with E-state index in [1.54, 1.807) is 5.56 Å². The van der Waals surface area contributed by atoms with Gasteiger partial charge in [0.1, 0.15) is 0 Å². The Kier molecular flexibility index (Phi) is 1.93. The summed E-state index contributed by atoms with van der Waals surface area (Å²) in [6.45, 7) is 0. The third kappa shape index (κ3) is 1.30. The van der Waals surface area contributed by atoms with Crippen molar-refractivity contribution in [3.63, 3.8) is 0 Å². The molecule has 1 fully saturated rings. The van der Waals surface area contributed by atoms with Gasteiger partial charge in [0.25, 0.3) is 0 Å². The van der Waals surface area contributed by atoms with Gasteiger partial charge in [-0.15, -0.1) is 0 Å². The zero-order valence-corrected chi connectivity index (χ0v) is 8.39. The van der Waals surface area contributed by atoms with Crippen LogP contribution in [0.15, 0.2) is 42.5 Å². The van der Waals surface area contributed by atoms with Crippen molar-refractivity contribution < 1.29 is 0 Å². The van der Waals surface area contributed by atoms with Crippen LogP contribution in [0.3, 0.4) is 0 Å². The zero-order chi connectivity index (χ0) is 9.38. The number of hydrogen-bond donors (Lipinski definition) is 0. The third-order valence-electron chi connectivity index (χ3n) is 3.80. The molecule has 0 aliphatic heterocycles. The maximum absolute atomic E-state index is 2.45. The lowest BCUT2D eigenvalue weighted by Crippen LogP contribution is -2.25. The Morgan fingerprint density at radius 1 is 0.929 bits per heavy atom. The van der Waals surface area contributed by atoms with Gasteiger partial charge in [0, 0.05) is 0 Å². The lowest BCUT2D eigenvalue weighted by molar-refractivity contribution is 0.284. The third-order valence-corrected chi connectivity index (χ3v) is 3.80. The van der Waals surface area contributed by atoms with E-state index in [0.717, 1.165) is 17.8 Å². The quantitative estimate of drug-likeness (QED) is 0.583. The fourth-order valence-corrected chi connectivity index (χ4v) is 3.02. The average molecular weight is 184 g/mol. The maximum Gasteiger partial charge on any atom is -0.00934 e. The van der Waals surface area contributed by atoms with E-state index in [1.165, 1.54) is 19.3 Å². The van der Waals surface area contributed by atoms with E-state index in [1.807, 2.05) is 0 Å². The Hall–Kier alpha value is -1.04. The molecule has 3 aliphatic carbocycles. The number of fused-ring (bicyclic) bond motifs is 2. The van der Waals surface area contributed by atoms with Crippen molar-refractivity contribution in [2.24, 2.45) is 11.8 Å². The molecule has 3 atom stereocenters. The molecule has 0 radical (unpaired) electrons. The van der Waals surface area contributed by atoms with Gasteiger partial charge in [0.15, 0.2) is 0 Å². The minimum absolute atomic E-state index is 0.806. The topological polar surface area (TPSA) is 0 Å². The Balaban J connectivity index is 1.91. The van der Waals surface area contributed by atoms with Crippen molar-refractivity contribution in [3.05, 3.63) is 48.0 Å². The van der Waals surface area contributed by atoms with Gasteiger partial charge in [-0.1, -0.05) is 42.5 Å². The fraction of sp³-hybridized carbons (Fsp3) is 0.429. The van der Waals surface area contributed by atoms with Gasteiger partial charge in [-0.05, 0) is 42.6 Å². The first-order valence-corrected chi connectivity index (χ1v) is 5.67. The van der Waals surface area contributed by atoms with Crippen LogP contribution in [0.4, 0.5) is 0 Å². The Labute approximate surface area is 85.6 Å². The first kappa shape index (κ1) is 8.28. The van der Waals surface area contributed by atoms with Crippen LogP contribution in [0, 0.1) is 11.8 Å². The SMILES string of the molecule is C1=CC2CCC1CC2c1ccccc1. The van der Waals surface area contributed by atoms with Crippen LogP contribution < -0.4 is 0 Å². The molecule has 0 heteroatoms. The summed E-state index contributed by atoms with van der Waals surface area (Å²) in [4.78, 5) is 0. The summed E-state index contributed by atoms with van der Waals surface area (Å²) >= 11 is 0. The Bertz CT molecular complexity index is 336. The molecule has 14 heavy (non-hydrogen) atoms. The summed E-state index contributed by atoms with van der Waals surface area (Å²) in [6.07, 6.45) is 9.10. The van der Waals surface area contributed by atoms with Crippen LogP contribution in [0.1, 0.15) is 30.7 Å². The van der Waals surface area contributed by atoms with Crippen LogP contribution >= 0.6 is 0 Å². The molecular formula is C14H16. The highest BCUT2D eigenvalue weighted by Gasteiger charge is 2.32.